The Morgan fingerprint density at radius 2 is 2.23 bits per heavy atom. The number of hydrogen-bond donors (Lipinski definition) is 0. The molecule has 13 heavy (non-hydrogen) atoms. The van der Waals surface area contributed by atoms with Crippen LogP contribution in [0, 0.1) is 0 Å². The largest absolute Gasteiger partial charge is 0.410 e. The van der Waals surface area contributed by atoms with Gasteiger partial charge in [0, 0.05) is 17.8 Å². The molecule has 0 fully saturated rings. The number of fused-ring (bicyclic) bond motifs is 1. The van der Waals surface area contributed by atoms with Crippen LogP contribution in [0.3, 0.4) is 0 Å². The highest BCUT2D eigenvalue weighted by Gasteiger charge is 2.02. The molecule has 2 aromatic rings. The standard InChI is InChI=1S/C10H12N2O/c1-8(2)13-12-7-5-9-4-3-6-11-10(9)12/h3-8H,1-2H3. The molecule has 68 valence electrons. The third-order valence-corrected chi connectivity index (χ3v) is 1.74. The molecule has 2 rings (SSSR count). The topological polar surface area (TPSA) is 27.1 Å². The van der Waals surface area contributed by atoms with Crippen LogP contribution in [0.5, 0.6) is 0 Å². The van der Waals surface area contributed by atoms with E-state index in [-0.39, 0.29) is 6.10 Å². The van der Waals surface area contributed by atoms with Crippen LogP contribution in [0.15, 0.2) is 30.6 Å². The van der Waals surface area contributed by atoms with Gasteiger partial charge in [-0.05, 0) is 32.0 Å². The average Bonchev–Trinajstić information content (AvgIpc) is 2.48. The molecule has 0 aliphatic rings. The predicted octanol–water partition coefficient (Wildman–Crippen LogP) is 1.87. The number of pyridine rings is 1. The van der Waals surface area contributed by atoms with E-state index in [1.54, 1.807) is 10.9 Å². The fraction of sp³-hybridized carbons (Fsp3) is 0.300. The zero-order valence-electron chi connectivity index (χ0n) is 7.77. The van der Waals surface area contributed by atoms with Gasteiger partial charge in [0.25, 0.3) is 0 Å². The Bertz CT molecular complexity index is 406. The van der Waals surface area contributed by atoms with Gasteiger partial charge in [-0.3, -0.25) is 0 Å². The zero-order chi connectivity index (χ0) is 9.26. The first-order chi connectivity index (χ1) is 6.27. The van der Waals surface area contributed by atoms with Gasteiger partial charge in [0.2, 0.25) is 0 Å². The lowest BCUT2D eigenvalue weighted by Crippen LogP contribution is -2.18. The third-order valence-electron chi connectivity index (χ3n) is 1.74. The summed E-state index contributed by atoms with van der Waals surface area (Å²) in [7, 11) is 0. The molecule has 0 unspecified atom stereocenters. The smallest absolute Gasteiger partial charge is 0.175 e. The van der Waals surface area contributed by atoms with Crippen molar-refractivity contribution in [1.29, 1.82) is 0 Å². The lowest BCUT2D eigenvalue weighted by Gasteiger charge is -2.09. The van der Waals surface area contributed by atoms with E-state index >= 15 is 0 Å². The highest BCUT2D eigenvalue weighted by Crippen LogP contribution is 2.10. The normalized spacial score (nSPS) is 11.0. The van der Waals surface area contributed by atoms with Crippen LogP contribution in [0.2, 0.25) is 0 Å². The zero-order valence-corrected chi connectivity index (χ0v) is 7.77. The molecule has 0 saturated heterocycles. The fourth-order valence-corrected chi connectivity index (χ4v) is 1.25. The quantitative estimate of drug-likeness (QED) is 0.698. The van der Waals surface area contributed by atoms with Crippen molar-refractivity contribution in [3.05, 3.63) is 30.6 Å². The van der Waals surface area contributed by atoms with Crippen LogP contribution in [0.1, 0.15) is 13.8 Å². The van der Waals surface area contributed by atoms with E-state index in [9.17, 15) is 0 Å². The molecule has 0 N–H and O–H groups in total. The van der Waals surface area contributed by atoms with Crippen molar-refractivity contribution in [2.75, 3.05) is 0 Å². The molecule has 0 atom stereocenters. The van der Waals surface area contributed by atoms with E-state index in [0.29, 0.717) is 0 Å². The van der Waals surface area contributed by atoms with Crippen molar-refractivity contribution < 1.29 is 4.84 Å². The molecule has 0 saturated carbocycles. The van der Waals surface area contributed by atoms with E-state index in [4.69, 9.17) is 4.84 Å². The SMILES string of the molecule is CC(C)On1ccc2cccnc21. The van der Waals surface area contributed by atoms with Gasteiger partial charge < -0.3 is 4.84 Å². The summed E-state index contributed by atoms with van der Waals surface area (Å²) in [6.45, 7) is 3.99. The molecular formula is C10H12N2O. The summed E-state index contributed by atoms with van der Waals surface area (Å²) >= 11 is 0. The minimum absolute atomic E-state index is 0.164. The van der Waals surface area contributed by atoms with E-state index in [2.05, 4.69) is 4.98 Å². The molecule has 2 aromatic heterocycles. The van der Waals surface area contributed by atoms with E-state index in [0.717, 1.165) is 11.0 Å². The monoisotopic (exact) mass is 176 g/mol. The molecular weight excluding hydrogens is 164 g/mol. The Morgan fingerprint density at radius 1 is 1.38 bits per heavy atom. The van der Waals surface area contributed by atoms with Gasteiger partial charge in [-0.1, -0.05) is 0 Å². The molecule has 3 nitrogen and oxygen atoms in total. The molecule has 0 bridgehead atoms. The minimum atomic E-state index is 0.164. The predicted molar refractivity (Wildman–Crippen MR) is 51.4 cm³/mol. The number of hydrogen-bond acceptors (Lipinski definition) is 2. The van der Waals surface area contributed by atoms with Crippen molar-refractivity contribution in [3.8, 4) is 0 Å². The highest BCUT2D eigenvalue weighted by atomic mass is 16.7. The Morgan fingerprint density at radius 3 is 3.00 bits per heavy atom. The molecule has 0 amide bonds. The van der Waals surface area contributed by atoms with Gasteiger partial charge in [0.15, 0.2) is 5.65 Å². The Labute approximate surface area is 76.9 Å². The maximum atomic E-state index is 5.52. The summed E-state index contributed by atoms with van der Waals surface area (Å²) in [4.78, 5) is 9.75. The maximum absolute atomic E-state index is 5.52. The molecule has 3 heteroatoms. The lowest BCUT2D eigenvalue weighted by atomic mass is 10.3. The van der Waals surface area contributed by atoms with Crippen LogP contribution in [-0.4, -0.2) is 15.8 Å². The van der Waals surface area contributed by atoms with Gasteiger partial charge >= 0.3 is 0 Å². The van der Waals surface area contributed by atoms with Crippen LogP contribution < -0.4 is 4.84 Å². The second-order valence-electron chi connectivity index (χ2n) is 3.21. The molecule has 0 radical (unpaired) electrons. The van der Waals surface area contributed by atoms with E-state index < -0.39 is 0 Å². The van der Waals surface area contributed by atoms with Gasteiger partial charge in [-0.2, -0.15) is 4.73 Å². The number of rotatable bonds is 2. The van der Waals surface area contributed by atoms with Crippen molar-refractivity contribution in [2.24, 2.45) is 0 Å². The molecule has 0 aromatic carbocycles. The first-order valence-electron chi connectivity index (χ1n) is 4.36. The minimum Gasteiger partial charge on any atom is -0.410 e. The first-order valence-corrected chi connectivity index (χ1v) is 4.36. The maximum Gasteiger partial charge on any atom is 0.175 e. The summed E-state index contributed by atoms with van der Waals surface area (Å²) in [6, 6.07) is 5.93. The van der Waals surface area contributed by atoms with E-state index in [1.165, 1.54) is 0 Å². The average molecular weight is 176 g/mol. The lowest BCUT2D eigenvalue weighted by molar-refractivity contribution is 0.0675. The second-order valence-corrected chi connectivity index (χ2v) is 3.21. The summed E-state index contributed by atoms with van der Waals surface area (Å²) in [6.07, 6.45) is 3.82. The Kier molecular flexibility index (Phi) is 1.93. The molecule has 2 heterocycles. The Hall–Kier alpha value is -1.51. The van der Waals surface area contributed by atoms with Gasteiger partial charge in [0.1, 0.15) is 6.10 Å². The van der Waals surface area contributed by atoms with Crippen LogP contribution in [0.25, 0.3) is 11.0 Å². The van der Waals surface area contributed by atoms with Crippen LogP contribution >= 0.6 is 0 Å². The summed E-state index contributed by atoms with van der Waals surface area (Å²) in [5, 5.41) is 1.10. The van der Waals surface area contributed by atoms with Gasteiger partial charge in [-0.15, -0.1) is 0 Å². The first kappa shape index (κ1) is 8.10. The van der Waals surface area contributed by atoms with Gasteiger partial charge in [-0.25, -0.2) is 4.98 Å². The molecule has 0 aliphatic heterocycles. The van der Waals surface area contributed by atoms with Crippen LogP contribution in [-0.2, 0) is 0 Å². The van der Waals surface area contributed by atoms with Crippen LogP contribution in [0.4, 0.5) is 0 Å². The van der Waals surface area contributed by atoms with Crippen molar-refractivity contribution in [1.82, 2.24) is 9.71 Å². The third kappa shape index (κ3) is 1.49. The highest BCUT2D eigenvalue weighted by molar-refractivity contribution is 5.75. The molecule has 0 spiro atoms. The summed E-state index contributed by atoms with van der Waals surface area (Å²) in [5.41, 5.74) is 0.871. The van der Waals surface area contributed by atoms with Crippen molar-refractivity contribution in [2.45, 2.75) is 20.0 Å². The van der Waals surface area contributed by atoms with Gasteiger partial charge in [0.05, 0.1) is 0 Å². The summed E-state index contributed by atoms with van der Waals surface area (Å²) < 4.78 is 1.71. The summed E-state index contributed by atoms with van der Waals surface area (Å²) in [5.74, 6) is 0. The number of nitrogens with zero attached hydrogens (tertiary/aromatic N) is 2. The fourth-order valence-electron chi connectivity index (χ4n) is 1.25. The van der Waals surface area contributed by atoms with Crippen molar-refractivity contribution >= 4 is 11.0 Å². The molecule has 0 aliphatic carbocycles. The van der Waals surface area contributed by atoms with E-state index in [1.807, 2.05) is 38.2 Å². The second kappa shape index (κ2) is 3.09. The van der Waals surface area contributed by atoms with Crippen molar-refractivity contribution in [3.63, 3.8) is 0 Å². The number of aromatic nitrogens is 2. The Balaban J connectivity index is 2.46.